The monoisotopic (exact) mass is 272 g/mol. The summed E-state index contributed by atoms with van der Waals surface area (Å²) >= 11 is 0. The maximum Gasteiger partial charge on any atom is 0.304 e. The molecule has 0 radical (unpaired) electrons. The highest BCUT2D eigenvalue weighted by Crippen LogP contribution is 2.04. The molecule has 1 fully saturated rings. The van der Waals surface area contributed by atoms with Gasteiger partial charge in [0.05, 0.1) is 19.6 Å². The first kappa shape index (κ1) is 16.4. The molecule has 1 rings (SSSR count). The largest absolute Gasteiger partial charge is 0.481 e. The average Bonchev–Trinajstić information content (AvgIpc) is 2.36. The maximum absolute atomic E-state index is 10.7. The van der Waals surface area contributed by atoms with E-state index in [0.717, 1.165) is 52.4 Å². The van der Waals surface area contributed by atoms with Crippen molar-refractivity contribution in [1.82, 2.24) is 9.80 Å². The smallest absolute Gasteiger partial charge is 0.304 e. The lowest BCUT2D eigenvalue weighted by Gasteiger charge is -2.28. The number of carboxylic acid groups (broad SMARTS) is 1. The van der Waals surface area contributed by atoms with E-state index < -0.39 is 5.97 Å². The molecule has 1 N–H and O–H groups in total. The van der Waals surface area contributed by atoms with Gasteiger partial charge in [0.2, 0.25) is 0 Å². The van der Waals surface area contributed by atoms with Crippen molar-refractivity contribution in [2.75, 3.05) is 52.5 Å². The number of rotatable bonds is 9. The summed E-state index contributed by atoms with van der Waals surface area (Å²) in [5.41, 5.74) is 0. The molecule has 5 nitrogen and oxygen atoms in total. The van der Waals surface area contributed by atoms with Gasteiger partial charge in [0.15, 0.2) is 0 Å². The molecule has 0 aromatic carbocycles. The van der Waals surface area contributed by atoms with E-state index in [1.165, 1.54) is 0 Å². The molecule has 1 saturated heterocycles. The van der Waals surface area contributed by atoms with E-state index in [-0.39, 0.29) is 6.42 Å². The summed E-state index contributed by atoms with van der Waals surface area (Å²) in [6.07, 6.45) is 1.34. The van der Waals surface area contributed by atoms with E-state index in [4.69, 9.17) is 9.84 Å². The van der Waals surface area contributed by atoms with Gasteiger partial charge in [-0.25, -0.2) is 0 Å². The van der Waals surface area contributed by atoms with Crippen LogP contribution in [-0.4, -0.2) is 73.4 Å². The van der Waals surface area contributed by atoms with Crippen LogP contribution in [0.5, 0.6) is 0 Å². The molecular formula is C14H28N2O3. The number of carbonyl (C=O) groups is 1. The predicted octanol–water partition coefficient (Wildman–Crippen LogP) is 1.14. The zero-order valence-corrected chi connectivity index (χ0v) is 12.3. The predicted molar refractivity (Wildman–Crippen MR) is 75.4 cm³/mol. The van der Waals surface area contributed by atoms with Crippen LogP contribution in [-0.2, 0) is 9.53 Å². The summed E-state index contributed by atoms with van der Waals surface area (Å²) < 4.78 is 5.33. The summed E-state index contributed by atoms with van der Waals surface area (Å²) in [6, 6.07) is 0. The molecule has 0 atom stereocenters. The number of carboxylic acids is 1. The van der Waals surface area contributed by atoms with Crippen LogP contribution in [0.25, 0.3) is 0 Å². The van der Waals surface area contributed by atoms with E-state index in [1.807, 2.05) is 0 Å². The Morgan fingerprint density at radius 3 is 2.58 bits per heavy atom. The lowest BCUT2D eigenvalue weighted by molar-refractivity contribution is -0.137. The van der Waals surface area contributed by atoms with E-state index >= 15 is 0 Å². The molecular weight excluding hydrogens is 244 g/mol. The molecule has 0 unspecified atom stereocenters. The molecule has 1 aliphatic rings. The third-order valence-electron chi connectivity index (χ3n) is 3.32. The third-order valence-corrected chi connectivity index (χ3v) is 3.32. The fourth-order valence-electron chi connectivity index (χ4n) is 2.41. The molecule has 19 heavy (non-hydrogen) atoms. The fraction of sp³-hybridized carbons (Fsp3) is 0.929. The van der Waals surface area contributed by atoms with Gasteiger partial charge in [0.1, 0.15) is 0 Å². The normalized spacial score (nSPS) is 17.3. The van der Waals surface area contributed by atoms with Crippen LogP contribution in [0.3, 0.4) is 0 Å². The van der Waals surface area contributed by atoms with Gasteiger partial charge in [-0.3, -0.25) is 9.69 Å². The number of nitrogens with zero attached hydrogens (tertiary/aromatic N) is 2. The van der Waals surface area contributed by atoms with Crippen molar-refractivity contribution in [2.45, 2.75) is 26.7 Å². The first-order chi connectivity index (χ1) is 9.08. The molecule has 1 heterocycles. The minimum atomic E-state index is -0.707. The lowest BCUT2D eigenvalue weighted by Crippen LogP contribution is -2.38. The van der Waals surface area contributed by atoms with Crippen LogP contribution in [0.4, 0.5) is 0 Å². The van der Waals surface area contributed by atoms with Gasteiger partial charge < -0.3 is 14.7 Å². The molecule has 0 saturated carbocycles. The van der Waals surface area contributed by atoms with Crippen LogP contribution >= 0.6 is 0 Å². The molecule has 0 bridgehead atoms. The molecule has 0 aromatic heterocycles. The van der Waals surface area contributed by atoms with Crippen molar-refractivity contribution < 1.29 is 14.6 Å². The van der Waals surface area contributed by atoms with Gasteiger partial charge >= 0.3 is 5.97 Å². The van der Waals surface area contributed by atoms with Crippen LogP contribution in [0, 0.1) is 5.92 Å². The van der Waals surface area contributed by atoms with Crippen LogP contribution in [0.2, 0.25) is 0 Å². The molecule has 0 amide bonds. The van der Waals surface area contributed by atoms with Crippen molar-refractivity contribution in [3.05, 3.63) is 0 Å². The minimum Gasteiger partial charge on any atom is -0.481 e. The van der Waals surface area contributed by atoms with Gasteiger partial charge in [-0.15, -0.1) is 0 Å². The molecule has 0 aliphatic carbocycles. The minimum absolute atomic E-state index is 0.240. The summed E-state index contributed by atoms with van der Waals surface area (Å²) in [5, 5.41) is 8.78. The summed E-state index contributed by atoms with van der Waals surface area (Å²) in [5.74, 6) is -0.126. The van der Waals surface area contributed by atoms with Gasteiger partial charge in [0.25, 0.3) is 0 Å². The third kappa shape index (κ3) is 8.18. The highest BCUT2D eigenvalue weighted by atomic mass is 16.5. The second-order valence-electron chi connectivity index (χ2n) is 5.65. The zero-order chi connectivity index (χ0) is 14.1. The molecule has 0 aromatic rings. The van der Waals surface area contributed by atoms with Crippen LogP contribution in [0.1, 0.15) is 26.7 Å². The highest BCUT2D eigenvalue weighted by molar-refractivity contribution is 5.66. The summed E-state index contributed by atoms with van der Waals surface area (Å²) in [6.45, 7) is 11.8. The van der Waals surface area contributed by atoms with E-state index in [2.05, 4.69) is 23.6 Å². The van der Waals surface area contributed by atoms with Crippen molar-refractivity contribution in [1.29, 1.82) is 0 Å². The number of hydrogen-bond acceptors (Lipinski definition) is 4. The SMILES string of the molecule is CC(C)CN(CCCN1CCOCC1)CCC(=O)O. The Kier molecular flexibility index (Phi) is 8.02. The van der Waals surface area contributed by atoms with Crippen molar-refractivity contribution in [3.63, 3.8) is 0 Å². The first-order valence-electron chi connectivity index (χ1n) is 7.32. The van der Waals surface area contributed by atoms with Crippen molar-refractivity contribution in [3.8, 4) is 0 Å². The Morgan fingerprint density at radius 2 is 2.00 bits per heavy atom. The van der Waals surface area contributed by atoms with E-state index in [9.17, 15) is 4.79 Å². The lowest BCUT2D eigenvalue weighted by atomic mass is 10.2. The molecule has 0 spiro atoms. The summed E-state index contributed by atoms with van der Waals surface area (Å²) in [7, 11) is 0. The van der Waals surface area contributed by atoms with Crippen LogP contribution in [0.15, 0.2) is 0 Å². The van der Waals surface area contributed by atoms with Gasteiger partial charge in [-0.2, -0.15) is 0 Å². The summed E-state index contributed by atoms with van der Waals surface area (Å²) in [4.78, 5) is 15.4. The van der Waals surface area contributed by atoms with E-state index in [0.29, 0.717) is 12.5 Å². The molecule has 5 heteroatoms. The Bertz CT molecular complexity index is 253. The number of morpholine rings is 1. The average molecular weight is 272 g/mol. The second-order valence-corrected chi connectivity index (χ2v) is 5.65. The number of ether oxygens (including phenoxy) is 1. The topological polar surface area (TPSA) is 53.0 Å². The van der Waals surface area contributed by atoms with Gasteiger partial charge in [-0.05, 0) is 25.4 Å². The number of hydrogen-bond donors (Lipinski definition) is 1. The Morgan fingerprint density at radius 1 is 1.32 bits per heavy atom. The quantitative estimate of drug-likeness (QED) is 0.682. The Labute approximate surface area is 116 Å². The number of aliphatic carboxylic acids is 1. The fourth-order valence-corrected chi connectivity index (χ4v) is 2.41. The Hall–Kier alpha value is -0.650. The Balaban J connectivity index is 2.20. The second kappa shape index (κ2) is 9.28. The van der Waals surface area contributed by atoms with Crippen molar-refractivity contribution in [2.24, 2.45) is 5.92 Å². The maximum atomic E-state index is 10.7. The van der Waals surface area contributed by atoms with E-state index in [1.54, 1.807) is 0 Å². The van der Waals surface area contributed by atoms with Crippen molar-refractivity contribution >= 4 is 5.97 Å². The standard InChI is InChI=1S/C14H28N2O3/c1-13(2)12-16(7-4-14(17)18)6-3-5-15-8-10-19-11-9-15/h13H,3-12H2,1-2H3,(H,17,18). The van der Waals surface area contributed by atoms with Gasteiger partial charge in [0, 0.05) is 26.2 Å². The molecule has 112 valence electrons. The molecule has 1 aliphatic heterocycles. The first-order valence-corrected chi connectivity index (χ1v) is 7.32. The highest BCUT2D eigenvalue weighted by Gasteiger charge is 2.12. The van der Waals surface area contributed by atoms with Crippen LogP contribution < -0.4 is 0 Å². The zero-order valence-electron chi connectivity index (χ0n) is 12.3. The van der Waals surface area contributed by atoms with Gasteiger partial charge in [-0.1, -0.05) is 13.8 Å².